The van der Waals surface area contributed by atoms with E-state index < -0.39 is 41.5 Å². The lowest BCUT2D eigenvalue weighted by Crippen LogP contribution is -2.57. The van der Waals surface area contributed by atoms with Crippen LogP contribution in [-0.4, -0.2) is 34.6 Å². The molecule has 0 bridgehead atoms. The van der Waals surface area contributed by atoms with Crippen molar-refractivity contribution in [3.05, 3.63) is 12.2 Å². The number of halogens is 6. The van der Waals surface area contributed by atoms with Crippen LogP contribution in [0.1, 0.15) is 27.2 Å². The summed E-state index contributed by atoms with van der Waals surface area (Å²) in [6, 6.07) is 0. The number of esters is 1. The second-order valence-corrected chi connectivity index (χ2v) is 5.14. The first-order valence-corrected chi connectivity index (χ1v) is 5.28. The predicted molar refractivity (Wildman–Crippen MR) is 56.7 cm³/mol. The molecule has 9 heteroatoms. The molecular weight excluding hydrogens is 294 g/mol. The van der Waals surface area contributed by atoms with Crippen molar-refractivity contribution in [1.29, 1.82) is 0 Å². The van der Waals surface area contributed by atoms with E-state index in [1.165, 1.54) is 20.8 Å². The van der Waals surface area contributed by atoms with Gasteiger partial charge in [0, 0.05) is 12.0 Å². The first-order chi connectivity index (χ1) is 8.51. The minimum absolute atomic E-state index is 1.12. The fourth-order valence-electron chi connectivity index (χ4n) is 1.09. The summed E-state index contributed by atoms with van der Waals surface area (Å²) in [5, 5.41) is 8.88. The van der Waals surface area contributed by atoms with Crippen LogP contribution in [0, 0.1) is 0 Å². The number of carbonyl (C=O) groups excluding carboxylic acids is 1. The number of aliphatic hydroxyl groups is 1. The molecule has 0 aromatic heterocycles. The zero-order chi connectivity index (χ0) is 16.6. The fourth-order valence-corrected chi connectivity index (χ4v) is 1.09. The molecule has 0 rings (SSSR count). The maximum Gasteiger partial charge on any atom is 0.426 e. The number of hydrogen-bond acceptors (Lipinski definition) is 3. The van der Waals surface area contributed by atoms with Crippen molar-refractivity contribution in [2.24, 2.45) is 0 Å². The second-order valence-electron chi connectivity index (χ2n) is 5.14. The lowest BCUT2D eigenvalue weighted by molar-refractivity contribution is -0.367. The van der Waals surface area contributed by atoms with E-state index in [4.69, 9.17) is 5.11 Å². The SMILES string of the molecule is C=C(CC(O)(C(F)(F)F)C(F)(F)F)C(=O)OC(C)(C)C. The molecular formula is C11H14F6O3. The first-order valence-electron chi connectivity index (χ1n) is 5.28. The van der Waals surface area contributed by atoms with E-state index in [-0.39, 0.29) is 0 Å². The number of rotatable bonds is 3. The molecule has 0 atom stereocenters. The molecule has 0 aliphatic heterocycles. The molecule has 0 saturated heterocycles. The van der Waals surface area contributed by atoms with Gasteiger partial charge in [0.15, 0.2) is 0 Å². The molecule has 0 unspecified atom stereocenters. The minimum atomic E-state index is -6.00. The highest BCUT2D eigenvalue weighted by Gasteiger charge is 2.70. The molecule has 0 aliphatic carbocycles. The van der Waals surface area contributed by atoms with Gasteiger partial charge in [-0.05, 0) is 20.8 Å². The number of carbonyl (C=O) groups is 1. The smallest absolute Gasteiger partial charge is 0.426 e. The molecule has 0 radical (unpaired) electrons. The lowest BCUT2D eigenvalue weighted by atomic mass is 9.93. The maximum atomic E-state index is 12.4. The van der Waals surface area contributed by atoms with E-state index >= 15 is 0 Å². The Morgan fingerprint density at radius 3 is 1.65 bits per heavy atom. The van der Waals surface area contributed by atoms with Gasteiger partial charge in [-0.1, -0.05) is 6.58 Å². The Labute approximate surface area is 111 Å². The largest absolute Gasteiger partial charge is 0.457 e. The molecule has 118 valence electrons. The number of hydrogen-bond donors (Lipinski definition) is 1. The highest BCUT2D eigenvalue weighted by atomic mass is 19.4. The van der Waals surface area contributed by atoms with Crippen LogP contribution in [0.15, 0.2) is 12.2 Å². The summed E-state index contributed by atoms with van der Waals surface area (Å²) < 4.78 is 79.0. The zero-order valence-electron chi connectivity index (χ0n) is 10.9. The van der Waals surface area contributed by atoms with Gasteiger partial charge in [0.1, 0.15) is 5.60 Å². The van der Waals surface area contributed by atoms with Crippen LogP contribution < -0.4 is 0 Å². The van der Waals surface area contributed by atoms with Crippen LogP contribution in [0.4, 0.5) is 26.3 Å². The van der Waals surface area contributed by atoms with E-state index in [1.54, 1.807) is 0 Å². The summed E-state index contributed by atoms with van der Waals surface area (Å²) in [5.41, 5.74) is -7.29. The van der Waals surface area contributed by atoms with Crippen LogP contribution in [-0.2, 0) is 9.53 Å². The third kappa shape index (κ3) is 4.39. The van der Waals surface area contributed by atoms with Gasteiger partial charge in [-0.15, -0.1) is 0 Å². The van der Waals surface area contributed by atoms with E-state index in [0.717, 1.165) is 0 Å². The Balaban J connectivity index is 5.24. The minimum Gasteiger partial charge on any atom is -0.457 e. The van der Waals surface area contributed by atoms with Crippen LogP contribution >= 0.6 is 0 Å². The Kier molecular flexibility index (Phi) is 4.94. The molecule has 0 fully saturated rings. The van der Waals surface area contributed by atoms with Crippen molar-refractivity contribution in [2.45, 2.75) is 50.7 Å². The number of ether oxygens (including phenoxy) is 1. The average molecular weight is 308 g/mol. The van der Waals surface area contributed by atoms with Gasteiger partial charge in [-0.2, -0.15) is 26.3 Å². The van der Waals surface area contributed by atoms with Gasteiger partial charge in [0.25, 0.3) is 5.60 Å². The summed E-state index contributed by atoms with van der Waals surface area (Å²) in [4.78, 5) is 11.3. The van der Waals surface area contributed by atoms with Crippen molar-refractivity contribution < 1.29 is 41.0 Å². The summed E-state index contributed by atoms with van der Waals surface area (Å²) in [6.07, 6.45) is -14.1. The monoisotopic (exact) mass is 308 g/mol. The molecule has 0 spiro atoms. The third-order valence-corrected chi connectivity index (χ3v) is 2.09. The topological polar surface area (TPSA) is 46.5 Å². The summed E-state index contributed by atoms with van der Waals surface area (Å²) >= 11 is 0. The predicted octanol–water partition coefficient (Wildman–Crippen LogP) is 3.13. The van der Waals surface area contributed by atoms with Crippen molar-refractivity contribution >= 4 is 5.97 Å². The van der Waals surface area contributed by atoms with Gasteiger partial charge < -0.3 is 9.84 Å². The van der Waals surface area contributed by atoms with E-state index in [2.05, 4.69) is 11.3 Å². The Bertz CT molecular complexity index is 374. The van der Waals surface area contributed by atoms with Gasteiger partial charge in [-0.3, -0.25) is 0 Å². The second kappa shape index (κ2) is 5.27. The molecule has 20 heavy (non-hydrogen) atoms. The van der Waals surface area contributed by atoms with Crippen molar-refractivity contribution in [3.63, 3.8) is 0 Å². The molecule has 0 amide bonds. The lowest BCUT2D eigenvalue weighted by Gasteiger charge is -2.32. The molecule has 1 N–H and O–H groups in total. The standard InChI is InChI=1S/C11H14F6O3/c1-6(7(18)20-8(2,3)4)5-9(19,10(12,13)14)11(15,16)17/h19H,1,5H2,2-4H3. The number of alkyl halides is 6. The maximum absolute atomic E-state index is 12.4. The van der Waals surface area contributed by atoms with Gasteiger partial charge >= 0.3 is 18.3 Å². The van der Waals surface area contributed by atoms with E-state index in [9.17, 15) is 31.1 Å². The fraction of sp³-hybridized carbons (Fsp3) is 0.727. The van der Waals surface area contributed by atoms with Crippen LogP contribution in [0.3, 0.4) is 0 Å². The molecule has 0 aliphatic rings. The summed E-state index contributed by atoms with van der Waals surface area (Å²) in [5.74, 6) is -1.44. The molecule has 0 saturated carbocycles. The highest BCUT2D eigenvalue weighted by molar-refractivity contribution is 5.88. The zero-order valence-corrected chi connectivity index (χ0v) is 10.9. The average Bonchev–Trinajstić information content (AvgIpc) is 2.10. The van der Waals surface area contributed by atoms with Crippen LogP contribution in [0.25, 0.3) is 0 Å². The van der Waals surface area contributed by atoms with Gasteiger partial charge in [-0.25, -0.2) is 4.79 Å². The molecule has 0 aromatic carbocycles. The Morgan fingerprint density at radius 2 is 1.40 bits per heavy atom. The first kappa shape index (κ1) is 18.8. The normalized spacial score (nSPS) is 14.1. The molecule has 3 nitrogen and oxygen atoms in total. The highest BCUT2D eigenvalue weighted by Crippen LogP contribution is 2.46. The Morgan fingerprint density at radius 1 is 1.05 bits per heavy atom. The summed E-state index contributed by atoms with van der Waals surface area (Å²) in [6.45, 7) is 6.94. The van der Waals surface area contributed by atoms with E-state index in [0.29, 0.717) is 0 Å². The van der Waals surface area contributed by atoms with Crippen molar-refractivity contribution in [1.82, 2.24) is 0 Å². The third-order valence-electron chi connectivity index (χ3n) is 2.09. The quantitative estimate of drug-likeness (QED) is 0.495. The van der Waals surface area contributed by atoms with Gasteiger partial charge in [0.2, 0.25) is 0 Å². The molecule has 0 heterocycles. The van der Waals surface area contributed by atoms with Crippen molar-refractivity contribution in [3.8, 4) is 0 Å². The van der Waals surface area contributed by atoms with Crippen LogP contribution in [0.5, 0.6) is 0 Å². The summed E-state index contributed by atoms with van der Waals surface area (Å²) in [7, 11) is 0. The van der Waals surface area contributed by atoms with Gasteiger partial charge in [0.05, 0.1) is 0 Å². The molecule has 0 aromatic rings. The van der Waals surface area contributed by atoms with E-state index in [1.807, 2.05) is 0 Å². The Hall–Kier alpha value is -1.25. The van der Waals surface area contributed by atoms with Crippen LogP contribution in [0.2, 0.25) is 0 Å². The van der Waals surface area contributed by atoms with Crippen molar-refractivity contribution in [2.75, 3.05) is 0 Å².